The van der Waals surface area contributed by atoms with Crippen molar-refractivity contribution >= 4 is 46.8 Å². The van der Waals surface area contributed by atoms with Gasteiger partial charge in [0, 0.05) is 27.9 Å². The normalized spacial score (nSPS) is 10.8. The molecule has 7 nitrogen and oxygen atoms in total. The van der Waals surface area contributed by atoms with Gasteiger partial charge in [0.2, 0.25) is 5.91 Å². The molecule has 0 atom stereocenters. The molecule has 0 spiro atoms. The summed E-state index contributed by atoms with van der Waals surface area (Å²) >= 11 is 8.55. The topological polar surface area (TPSA) is 104 Å². The fraction of sp³-hybridized carbons (Fsp3) is 0.0435. The van der Waals surface area contributed by atoms with Gasteiger partial charge < -0.3 is 0 Å². The number of benzene rings is 1. The second kappa shape index (κ2) is 10.8. The second-order valence-corrected chi connectivity index (χ2v) is 8.90. The predicted molar refractivity (Wildman–Crippen MR) is 131 cm³/mol. The summed E-state index contributed by atoms with van der Waals surface area (Å²) in [5.74, 6) is -0.286. The zero-order chi connectivity index (χ0) is 23.0. The van der Waals surface area contributed by atoms with Gasteiger partial charge in [0.15, 0.2) is 0 Å². The van der Waals surface area contributed by atoms with Gasteiger partial charge in [0.25, 0.3) is 0 Å². The number of halogens is 1. The smallest absolute Gasteiger partial charge is 0.250 e. The Labute approximate surface area is 203 Å². The lowest BCUT2D eigenvalue weighted by Crippen LogP contribution is -2.19. The van der Waals surface area contributed by atoms with Gasteiger partial charge >= 0.3 is 0 Å². The number of hydrogen-bond acceptors (Lipinski definition) is 8. The molecule has 0 saturated heterocycles. The van der Waals surface area contributed by atoms with E-state index in [1.54, 1.807) is 42.9 Å². The maximum absolute atomic E-state index is 12.3. The molecule has 10 heteroatoms. The molecule has 0 aliphatic heterocycles. The van der Waals surface area contributed by atoms with Crippen LogP contribution in [0.15, 0.2) is 76.6 Å². The molecule has 3 heterocycles. The van der Waals surface area contributed by atoms with Gasteiger partial charge in [-0.15, -0.1) is 11.3 Å². The first-order chi connectivity index (χ1) is 16.1. The number of hydrazone groups is 1. The highest BCUT2D eigenvalue weighted by Gasteiger charge is 2.18. The number of thioether (sulfide) groups is 1. The van der Waals surface area contributed by atoms with Crippen LogP contribution in [0.2, 0.25) is 5.02 Å². The Morgan fingerprint density at radius 2 is 2.09 bits per heavy atom. The van der Waals surface area contributed by atoms with E-state index in [-0.39, 0.29) is 11.7 Å². The van der Waals surface area contributed by atoms with Gasteiger partial charge in [-0.2, -0.15) is 10.4 Å². The number of nitrogens with one attached hydrogen (secondary N) is 1. The highest BCUT2D eigenvalue weighted by Crippen LogP contribution is 2.35. The van der Waals surface area contributed by atoms with E-state index in [4.69, 9.17) is 11.6 Å². The van der Waals surface area contributed by atoms with Crippen molar-refractivity contribution in [3.8, 4) is 27.9 Å². The van der Waals surface area contributed by atoms with Crippen molar-refractivity contribution in [1.29, 1.82) is 5.26 Å². The summed E-state index contributed by atoms with van der Waals surface area (Å²) in [4.78, 5) is 26.3. The van der Waals surface area contributed by atoms with Crippen molar-refractivity contribution in [1.82, 2.24) is 20.4 Å². The second-order valence-electron chi connectivity index (χ2n) is 6.55. The van der Waals surface area contributed by atoms with Gasteiger partial charge in [-0.25, -0.2) is 10.4 Å². The van der Waals surface area contributed by atoms with Crippen molar-refractivity contribution < 1.29 is 4.79 Å². The number of rotatable bonds is 7. The minimum absolute atomic E-state index is 0.0352. The molecule has 1 N–H and O–H groups in total. The van der Waals surface area contributed by atoms with E-state index in [2.05, 4.69) is 31.5 Å². The molecule has 0 aliphatic rings. The third-order valence-electron chi connectivity index (χ3n) is 4.32. The molecule has 0 saturated carbocycles. The van der Waals surface area contributed by atoms with Crippen LogP contribution in [-0.4, -0.2) is 32.8 Å². The van der Waals surface area contributed by atoms with Crippen LogP contribution < -0.4 is 5.43 Å². The standard InChI is InChI=1S/C23H15ClN6OS2/c24-16-5-3-15(4-6-16)12-28-30-22(31)14-33-23-18(11-25)17(21-2-1-9-32-21)10-19(29-23)20-13-26-7-8-27-20/h1-10,12-13H,14H2,(H,30,31)/b28-12+. The molecule has 1 aromatic carbocycles. The molecule has 0 bridgehead atoms. The zero-order valence-electron chi connectivity index (χ0n) is 17.0. The Kier molecular flexibility index (Phi) is 7.42. The molecule has 0 radical (unpaired) electrons. The van der Waals surface area contributed by atoms with Crippen LogP contribution in [0.25, 0.3) is 21.8 Å². The highest BCUT2D eigenvalue weighted by atomic mass is 35.5. The number of aromatic nitrogens is 3. The fourth-order valence-electron chi connectivity index (χ4n) is 2.82. The van der Waals surface area contributed by atoms with Crippen LogP contribution in [0, 0.1) is 11.3 Å². The lowest BCUT2D eigenvalue weighted by atomic mass is 10.1. The molecule has 33 heavy (non-hydrogen) atoms. The SMILES string of the molecule is N#Cc1c(-c2cccs2)cc(-c2cnccn2)nc1SCC(=O)N/N=C/c1ccc(Cl)cc1. The molecular weight excluding hydrogens is 476 g/mol. The van der Waals surface area contributed by atoms with Crippen molar-refractivity contribution in [2.75, 3.05) is 5.75 Å². The van der Waals surface area contributed by atoms with Crippen molar-refractivity contribution in [2.45, 2.75) is 5.03 Å². The molecule has 162 valence electrons. The number of nitriles is 1. The zero-order valence-corrected chi connectivity index (χ0v) is 19.4. The molecular formula is C23H15ClN6OS2. The van der Waals surface area contributed by atoms with Crippen molar-refractivity contribution in [3.05, 3.63) is 82.6 Å². The Bertz CT molecular complexity index is 1320. The molecule has 4 aromatic rings. The van der Waals surface area contributed by atoms with E-state index >= 15 is 0 Å². The number of thiophene rings is 1. The van der Waals surface area contributed by atoms with Crippen LogP contribution in [0.4, 0.5) is 0 Å². The lowest BCUT2D eigenvalue weighted by molar-refractivity contribution is -0.118. The number of carbonyl (C=O) groups excluding carboxylic acids is 1. The number of pyridine rings is 1. The van der Waals surface area contributed by atoms with E-state index in [9.17, 15) is 10.1 Å². The van der Waals surface area contributed by atoms with Gasteiger partial charge in [-0.05, 0) is 35.2 Å². The van der Waals surface area contributed by atoms with Crippen LogP contribution in [-0.2, 0) is 4.79 Å². The molecule has 0 fully saturated rings. The number of nitrogens with zero attached hydrogens (tertiary/aromatic N) is 5. The minimum Gasteiger partial charge on any atom is -0.272 e. The number of carbonyl (C=O) groups is 1. The van der Waals surface area contributed by atoms with E-state index in [1.165, 1.54) is 29.3 Å². The lowest BCUT2D eigenvalue weighted by Gasteiger charge is -2.10. The van der Waals surface area contributed by atoms with E-state index in [0.29, 0.717) is 27.0 Å². The average Bonchev–Trinajstić information content (AvgIpc) is 3.39. The monoisotopic (exact) mass is 490 g/mol. The summed E-state index contributed by atoms with van der Waals surface area (Å²) in [7, 11) is 0. The maximum Gasteiger partial charge on any atom is 0.250 e. The number of hydrogen-bond donors (Lipinski definition) is 1. The first kappa shape index (κ1) is 22.6. The summed E-state index contributed by atoms with van der Waals surface area (Å²) in [6.45, 7) is 0. The molecule has 0 unspecified atom stereocenters. The van der Waals surface area contributed by atoms with Gasteiger partial charge in [0.05, 0.1) is 29.4 Å². The molecule has 4 rings (SSSR count). The molecule has 1 amide bonds. The first-order valence-corrected chi connectivity index (χ1v) is 11.8. The summed E-state index contributed by atoms with van der Waals surface area (Å²) in [6.07, 6.45) is 6.30. The summed E-state index contributed by atoms with van der Waals surface area (Å²) in [6, 6.07) is 15.0. The molecule has 3 aromatic heterocycles. The maximum atomic E-state index is 12.3. The summed E-state index contributed by atoms with van der Waals surface area (Å²) in [5, 5.41) is 16.8. The van der Waals surface area contributed by atoms with Crippen LogP contribution >= 0.6 is 34.7 Å². The van der Waals surface area contributed by atoms with E-state index in [0.717, 1.165) is 16.0 Å². The quantitative estimate of drug-likeness (QED) is 0.221. The fourth-order valence-corrected chi connectivity index (χ4v) is 4.49. The highest BCUT2D eigenvalue weighted by molar-refractivity contribution is 8.00. The first-order valence-electron chi connectivity index (χ1n) is 9.59. The Balaban J connectivity index is 1.55. The predicted octanol–water partition coefficient (Wildman–Crippen LogP) is 5.03. The van der Waals surface area contributed by atoms with E-state index < -0.39 is 0 Å². The van der Waals surface area contributed by atoms with Gasteiger partial charge in [-0.1, -0.05) is 41.6 Å². The Hall–Kier alpha value is -3.58. The third-order valence-corrected chi connectivity index (χ3v) is 6.45. The van der Waals surface area contributed by atoms with Crippen molar-refractivity contribution in [3.63, 3.8) is 0 Å². The van der Waals surface area contributed by atoms with Crippen LogP contribution in [0.1, 0.15) is 11.1 Å². The molecule has 0 aliphatic carbocycles. The number of amides is 1. The van der Waals surface area contributed by atoms with Crippen LogP contribution in [0.3, 0.4) is 0 Å². The Morgan fingerprint density at radius 1 is 1.24 bits per heavy atom. The van der Waals surface area contributed by atoms with Gasteiger partial charge in [-0.3, -0.25) is 14.8 Å². The van der Waals surface area contributed by atoms with Crippen molar-refractivity contribution in [2.24, 2.45) is 5.10 Å². The largest absolute Gasteiger partial charge is 0.272 e. The Morgan fingerprint density at radius 3 is 2.79 bits per heavy atom. The van der Waals surface area contributed by atoms with E-state index in [1.807, 2.05) is 23.6 Å². The average molecular weight is 491 g/mol. The third kappa shape index (κ3) is 5.81. The minimum atomic E-state index is -0.321. The van der Waals surface area contributed by atoms with Gasteiger partial charge in [0.1, 0.15) is 16.8 Å². The summed E-state index contributed by atoms with van der Waals surface area (Å²) < 4.78 is 0. The van der Waals surface area contributed by atoms with Crippen LogP contribution in [0.5, 0.6) is 0 Å². The summed E-state index contributed by atoms with van der Waals surface area (Å²) in [5.41, 5.74) is 5.60.